The van der Waals surface area contributed by atoms with E-state index in [1.165, 1.54) is 16.9 Å². The van der Waals surface area contributed by atoms with Crippen LogP contribution < -0.4 is 4.74 Å². The first-order valence-electron chi connectivity index (χ1n) is 9.46. The highest BCUT2D eigenvalue weighted by Gasteiger charge is 2.43. The Labute approximate surface area is 172 Å². The molecule has 0 saturated heterocycles. The molecule has 7 nitrogen and oxygen atoms in total. The van der Waals surface area contributed by atoms with Gasteiger partial charge in [-0.25, -0.2) is 4.68 Å². The lowest BCUT2D eigenvalue weighted by Gasteiger charge is -2.28. The Morgan fingerprint density at radius 2 is 1.90 bits per heavy atom. The third-order valence-corrected chi connectivity index (χ3v) is 5.01. The SMILES string of the molecule is COc1ccc(-n2nc(C(F)(F)F)c3c2C(=O)N(CCCC(=O)N(C)C)CC3)cc1. The molecule has 2 heterocycles. The van der Waals surface area contributed by atoms with Crippen molar-refractivity contribution in [2.45, 2.75) is 25.4 Å². The normalized spacial score (nSPS) is 13.9. The maximum absolute atomic E-state index is 13.6. The van der Waals surface area contributed by atoms with Crippen LogP contribution in [0.5, 0.6) is 5.75 Å². The number of methoxy groups -OCH3 is 1. The first-order valence-corrected chi connectivity index (χ1v) is 9.46. The van der Waals surface area contributed by atoms with Crippen LogP contribution in [0.1, 0.15) is 34.6 Å². The van der Waals surface area contributed by atoms with Crippen molar-refractivity contribution in [3.05, 3.63) is 41.2 Å². The van der Waals surface area contributed by atoms with Crippen LogP contribution in [-0.4, -0.2) is 65.7 Å². The van der Waals surface area contributed by atoms with Crippen molar-refractivity contribution < 1.29 is 27.5 Å². The van der Waals surface area contributed by atoms with E-state index in [2.05, 4.69) is 5.10 Å². The molecule has 2 aromatic rings. The average Bonchev–Trinajstić information content (AvgIpc) is 3.10. The Hall–Kier alpha value is -3.04. The number of fused-ring (bicyclic) bond motifs is 1. The van der Waals surface area contributed by atoms with Crippen LogP contribution in [0.4, 0.5) is 13.2 Å². The Kier molecular flexibility index (Phi) is 6.04. The summed E-state index contributed by atoms with van der Waals surface area (Å²) >= 11 is 0. The Bertz CT molecular complexity index is 936. The van der Waals surface area contributed by atoms with Crippen LogP contribution in [0.2, 0.25) is 0 Å². The molecule has 0 unspecified atom stereocenters. The highest BCUT2D eigenvalue weighted by molar-refractivity contribution is 5.96. The van der Waals surface area contributed by atoms with Crippen molar-refractivity contribution in [3.8, 4) is 11.4 Å². The zero-order valence-electron chi connectivity index (χ0n) is 17.0. The maximum atomic E-state index is 13.6. The lowest BCUT2D eigenvalue weighted by molar-refractivity contribution is -0.142. The van der Waals surface area contributed by atoms with Crippen molar-refractivity contribution >= 4 is 11.8 Å². The Morgan fingerprint density at radius 3 is 2.47 bits per heavy atom. The molecule has 1 aliphatic rings. The third kappa shape index (κ3) is 4.27. The summed E-state index contributed by atoms with van der Waals surface area (Å²) in [6.45, 7) is 0.437. The fourth-order valence-corrected chi connectivity index (χ4v) is 3.40. The van der Waals surface area contributed by atoms with E-state index in [9.17, 15) is 22.8 Å². The third-order valence-electron chi connectivity index (χ3n) is 5.01. The molecule has 3 rings (SSSR count). The van der Waals surface area contributed by atoms with Gasteiger partial charge in [0.05, 0.1) is 12.8 Å². The van der Waals surface area contributed by atoms with Gasteiger partial charge in [-0.3, -0.25) is 9.59 Å². The van der Waals surface area contributed by atoms with Crippen LogP contribution in [0.15, 0.2) is 24.3 Å². The summed E-state index contributed by atoms with van der Waals surface area (Å²) in [5.41, 5.74) is -0.883. The summed E-state index contributed by atoms with van der Waals surface area (Å²) in [7, 11) is 4.77. The van der Waals surface area contributed by atoms with Gasteiger partial charge in [0.25, 0.3) is 5.91 Å². The van der Waals surface area contributed by atoms with Crippen LogP contribution in [-0.2, 0) is 17.4 Å². The molecule has 0 atom stereocenters. The van der Waals surface area contributed by atoms with Crippen LogP contribution in [0.25, 0.3) is 5.69 Å². The molecule has 1 aliphatic heterocycles. The first-order chi connectivity index (χ1) is 14.1. The second kappa shape index (κ2) is 8.37. The molecule has 162 valence electrons. The van der Waals surface area contributed by atoms with Crippen molar-refractivity contribution in [1.82, 2.24) is 19.6 Å². The second-order valence-electron chi connectivity index (χ2n) is 7.22. The summed E-state index contributed by atoms with van der Waals surface area (Å²) in [6.07, 6.45) is -3.92. The van der Waals surface area contributed by atoms with Gasteiger partial charge < -0.3 is 14.5 Å². The van der Waals surface area contributed by atoms with Gasteiger partial charge in [-0.05, 0) is 37.1 Å². The predicted octanol–water partition coefficient (Wildman–Crippen LogP) is 2.77. The van der Waals surface area contributed by atoms with E-state index >= 15 is 0 Å². The summed E-state index contributed by atoms with van der Waals surface area (Å²) in [5.74, 6) is -0.0514. The first kappa shape index (κ1) is 21.7. The highest BCUT2D eigenvalue weighted by atomic mass is 19.4. The second-order valence-corrected chi connectivity index (χ2v) is 7.22. The largest absolute Gasteiger partial charge is 0.497 e. The number of halogens is 3. The lowest BCUT2D eigenvalue weighted by Crippen LogP contribution is -2.39. The minimum Gasteiger partial charge on any atom is -0.497 e. The summed E-state index contributed by atoms with van der Waals surface area (Å²) < 4.78 is 46.8. The number of aromatic nitrogens is 2. The van der Waals surface area contributed by atoms with E-state index < -0.39 is 17.8 Å². The molecule has 2 amide bonds. The number of hydrogen-bond donors (Lipinski definition) is 0. The van der Waals surface area contributed by atoms with Crippen LogP contribution >= 0.6 is 0 Å². The topological polar surface area (TPSA) is 67.7 Å². The maximum Gasteiger partial charge on any atom is 0.435 e. The van der Waals surface area contributed by atoms with Crippen LogP contribution in [0, 0.1) is 0 Å². The molecule has 30 heavy (non-hydrogen) atoms. The monoisotopic (exact) mass is 424 g/mol. The molecule has 0 fully saturated rings. The standard InChI is InChI=1S/C20H23F3N4O3/c1-25(2)16(28)5-4-11-26-12-10-15-17(19(26)29)27(24-18(15)20(21,22)23)13-6-8-14(30-3)9-7-13/h6-9H,4-5,10-12H2,1-3H3. The molecule has 0 saturated carbocycles. The number of rotatable bonds is 6. The minimum atomic E-state index is -4.66. The Morgan fingerprint density at radius 1 is 1.23 bits per heavy atom. The number of carbonyl (C=O) groups excluding carboxylic acids is 2. The van der Waals surface area contributed by atoms with Gasteiger partial charge in [0.2, 0.25) is 5.91 Å². The highest BCUT2D eigenvalue weighted by Crippen LogP contribution is 2.36. The minimum absolute atomic E-state index is 0.0493. The van der Waals surface area contributed by atoms with E-state index in [1.807, 2.05) is 0 Å². The van der Waals surface area contributed by atoms with Gasteiger partial charge in [0.15, 0.2) is 5.69 Å². The van der Waals surface area contributed by atoms with Crippen LogP contribution in [0.3, 0.4) is 0 Å². The van der Waals surface area contributed by atoms with E-state index in [0.717, 1.165) is 4.68 Å². The quantitative estimate of drug-likeness (QED) is 0.715. The molecule has 0 bridgehead atoms. The van der Waals surface area contributed by atoms with Crippen molar-refractivity contribution in [3.63, 3.8) is 0 Å². The molecule has 1 aromatic heterocycles. The van der Waals surface area contributed by atoms with Crippen molar-refractivity contribution in [2.24, 2.45) is 0 Å². The molecule has 10 heteroatoms. The number of nitrogens with zero attached hydrogens (tertiary/aromatic N) is 4. The molecular formula is C20H23F3N4O3. The summed E-state index contributed by atoms with van der Waals surface area (Å²) in [6, 6.07) is 6.28. The predicted molar refractivity (Wildman–Crippen MR) is 103 cm³/mol. The van der Waals surface area contributed by atoms with E-state index in [1.54, 1.807) is 38.4 Å². The molecule has 0 radical (unpaired) electrons. The average molecular weight is 424 g/mol. The van der Waals surface area contributed by atoms with E-state index in [-0.39, 0.29) is 43.1 Å². The van der Waals surface area contributed by atoms with Crippen molar-refractivity contribution in [2.75, 3.05) is 34.3 Å². The fourth-order valence-electron chi connectivity index (χ4n) is 3.40. The van der Waals surface area contributed by atoms with E-state index in [4.69, 9.17) is 4.74 Å². The molecule has 1 aromatic carbocycles. The lowest BCUT2D eigenvalue weighted by atomic mass is 10.0. The van der Waals surface area contributed by atoms with Gasteiger partial charge in [-0.15, -0.1) is 0 Å². The molecular weight excluding hydrogens is 401 g/mol. The smallest absolute Gasteiger partial charge is 0.435 e. The molecule has 0 N–H and O–H groups in total. The fraction of sp³-hybridized carbons (Fsp3) is 0.450. The van der Waals surface area contributed by atoms with Gasteiger partial charge >= 0.3 is 6.18 Å². The Balaban J connectivity index is 1.92. The van der Waals surface area contributed by atoms with E-state index in [0.29, 0.717) is 17.9 Å². The number of ether oxygens (including phenoxy) is 1. The summed E-state index contributed by atoms with van der Waals surface area (Å²) in [5, 5.41) is 3.75. The molecule has 0 spiro atoms. The van der Waals surface area contributed by atoms with Gasteiger partial charge in [-0.2, -0.15) is 18.3 Å². The molecule has 0 aliphatic carbocycles. The van der Waals surface area contributed by atoms with Gasteiger partial charge in [0, 0.05) is 39.2 Å². The number of alkyl halides is 3. The number of amides is 2. The van der Waals surface area contributed by atoms with Crippen molar-refractivity contribution in [1.29, 1.82) is 0 Å². The number of benzene rings is 1. The zero-order valence-corrected chi connectivity index (χ0v) is 17.0. The zero-order chi connectivity index (χ0) is 22.1. The van der Waals surface area contributed by atoms with Gasteiger partial charge in [-0.1, -0.05) is 0 Å². The number of hydrogen-bond acceptors (Lipinski definition) is 4. The summed E-state index contributed by atoms with van der Waals surface area (Å²) in [4.78, 5) is 27.7. The number of carbonyl (C=O) groups is 2. The van der Waals surface area contributed by atoms with Gasteiger partial charge in [0.1, 0.15) is 11.4 Å².